The molecule has 2 aromatic rings. The van der Waals surface area contributed by atoms with Crippen LogP contribution in [0.5, 0.6) is 0 Å². The van der Waals surface area contributed by atoms with Crippen molar-refractivity contribution in [2.75, 3.05) is 35.6 Å². The van der Waals surface area contributed by atoms with Crippen molar-refractivity contribution >= 4 is 28.2 Å². The Hall–Kier alpha value is -2.08. The van der Waals surface area contributed by atoms with Gasteiger partial charge in [0.2, 0.25) is 0 Å². The Kier molecular flexibility index (Phi) is 5.27. The Balaban J connectivity index is 1.94. The number of nitrogens with zero attached hydrogens (tertiary/aromatic N) is 3. The molecule has 6 nitrogen and oxygen atoms in total. The van der Waals surface area contributed by atoms with Gasteiger partial charge in [0.05, 0.1) is 35.2 Å². The van der Waals surface area contributed by atoms with Gasteiger partial charge in [0.25, 0.3) is 0 Å². The second kappa shape index (κ2) is 7.44. The van der Waals surface area contributed by atoms with Crippen molar-refractivity contribution in [3.63, 3.8) is 0 Å². The number of nitrogen functional groups attached to an aromatic ring is 1. The standard InChI is InChI=1S/C19H29N5O/c1-3-4-7-19(2,13-25)23-16-11-17(20)22-15-10-14(12-21-18(15)16)24-8-5-6-9-24/h10-12,25H,3-9,13H2,1-2H3,(H3,20,22,23)/t19-/m1/s1. The van der Waals surface area contributed by atoms with Gasteiger partial charge in [0, 0.05) is 19.2 Å². The van der Waals surface area contributed by atoms with Gasteiger partial charge in [-0.3, -0.25) is 4.98 Å². The molecule has 25 heavy (non-hydrogen) atoms. The Morgan fingerprint density at radius 1 is 1.32 bits per heavy atom. The van der Waals surface area contributed by atoms with Gasteiger partial charge >= 0.3 is 0 Å². The van der Waals surface area contributed by atoms with Gasteiger partial charge in [-0.25, -0.2) is 4.98 Å². The molecule has 1 aliphatic heterocycles. The van der Waals surface area contributed by atoms with Crippen molar-refractivity contribution in [3.05, 3.63) is 18.3 Å². The summed E-state index contributed by atoms with van der Waals surface area (Å²) in [6.07, 6.45) is 7.39. The Bertz CT molecular complexity index is 729. The summed E-state index contributed by atoms with van der Waals surface area (Å²) in [7, 11) is 0. The monoisotopic (exact) mass is 343 g/mol. The predicted molar refractivity (Wildman–Crippen MR) is 104 cm³/mol. The molecule has 1 fully saturated rings. The van der Waals surface area contributed by atoms with Crippen LogP contribution < -0.4 is 16.0 Å². The summed E-state index contributed by atoms with van der Waals surface area (Å²) in [5.74, 6) is 0.464. The van der Waals surface area contributed by atoms with E-state index in [0.717, 1.165) is 54.8 Å². The summed E-state index contributed by atoms with van der Waals surface area (Å²) >= 11 is 0. The smallest absolute Gasteiger partial charge is 0.126 e. The summed E-state index contributed by atoms with van der Waals surface area (Å²) in [6, 6.07) is 3.88. The van der Waals surface area contributed by atoms with Crippen LogP contribution in [0.1, 0.15) is 46.0 Å². The maximum atomic E-state index is 9.87. The van der Waals surface area contributed by atoms with Crippen molar-refractivity contribution in [1.82, 2.24) is 9.97 Å². The summed E-state index contributed by atoms with van der Waals surface area (Å²) in [5, 5.41) is 13.3. The molecule has 0 amide bonds. The third-order valence-electron chi connectivity index (χ3n) is 4.99. The second-order valence-electron chi connectivity index (χ2n) is 7.30. The Morgan fingerprint density at radius 3 is 2.76 bits per heavy atom. The molecule has 1 aliphatic rings. The molecule has 0 aliphatic carbocycles. The van der Waals surface area contributed by atoms with Crippen molar-refractivity contribution in [2.45, 2.75) is 51.5 Å². The quantitative estimate of drug-likeness (QED) is 0.716. The molecule has 0 bridgehead atoms. The number of hydrogen-bond donors (Lipinski definition) is 3. The van der Waals surface area contributed by atoms with Gasteiger partial charge in [0.1, 0.15) is 11.3 Å². The maximum absolute atomic E-state index is 9.87. The molecule has 3 rings (SSSR count). The lowest BCUT2D eigenvalue weighted by Crippen LogP contribution is -2.38. The van der Waals surface area contributed by atoms with Gasteiger partial charge in [0.15, 0.2) is 0 Å². The number of anilines is 3. The fourth-order valence-corrected chi connectivity index (χ4v) is 3.44. The number of aromatic nitrogens is 2. The summed E-state index contributed by atoms with van der Waals surface area (Å²) in [6.45, 7) is 6.38. The zero-order chi connectivity index (χ0) is 17.9. The first kappa shape index (κ1) is 17.7. The van der Waals surface area contributed by atoms with E-state index in [1.807, 2.05) is 19.2 Å². The molecule has 1 atom stereocenters. The van der Waals surface area contributed by atoms with Crippen molar-refractivity contribution < 1.29 is 5.11 Å². The molecule has 0 radical (unpaired) electrons. The van der Waals surface area contributed by atoms with Gasteiger partial charge in [-0.1, -0.05) is 19.8 Å². The summed E-state index contributed by atoms with van der Waals surface area (Å²) in [4.78, 5) is 11.5. The molecule has 6 heteroatoms. The van der Waals surface area contributed by atoms with E-state index in [1.54, 1.807) is 0 Å². The van der Waals surface area contributed by atoms with Crippen LogP contribution in [0.25, 0.3) is 11.0 Å². The van der Waals surface area contributed by atoms with E-state index in [9.17, 15) is 5.11 Å². The van der Waals surface area contributed by atoms with E-state index in [1.165, 1.54) is 12.8 Å². The predicted octanol–water partition coefficient (Wildman–Crippen LogP) is 3.17. The maximum Gasteiger partial charge on any atom is 0.126 e. The van der Waals surface area contributed by atoms with E-state index in [4.69, 9.17) is 5.73 Å². The number of pyridine rings is 2. The lowest BCUT2D eigenvalue weighted by atomic mass is 9.95. The number of nitrogens with two attached hydrogens (primary N) is 1. The third kappa shape index (κ3) is 3.95. The first-order valence-electron chi connectivity index (χ1n) is 9.25. The minimum atomic E-state index is -0.397. The average molecular weight is 343 g/mol. The minimum absolute atomic E-state index is 0.0581. The number of fused-ring (bicyclic) bond motifs is 1. The van der Waals surface area contributed by atoms with Crippen LogP contribution in [0.4, 0.5) is 17.2 Å². The van der Waals surface area contributed by atoms with E-state index in [-0.39, 0.29) is 6.61 Å². The molecular weight excluding hydrogens is 314 g/mol. The van der Waals surface area contributed by atoms with Crippen LogP contribution in [-0.4, -0.2) is 40.3 Å². The zero-order valence-electron chi connectivity index (χ0n) is 15.3. The lowest BCUT2D eigenvalue weighted by Gasteiger charge is -2.30. The Morgan fingerprint density at radius 2 is 2.08 bits per heavy atom. The highest BCUT2D eigenvalue weighted by Gasteiger charge is 2.24. The van der Waals surface area contributed by atoms with Crippen molar-refractivity contribution in [1.29, 1.82) is 0 Å². The second-order valence-corrected chi connectivity index (χ2v) is 7.30. The number of unbranched alkanes of at least 4 members (excludes halogenated alkanes) is 1. The topological polar surface area (TPSA) is 87.3 Å². The SMILES string of the molecule is CCCC[C@](C)(CO)Nc1cc(N)nc2cc(N3CCCC3)cnc12. The molecule has 0 unspecified atom stereocenters. The Labute approximate surface area is 149 Å². The highest BCUT2D eigenvalue weighted by Crippen LogP contribution is 2.30. The molecule has 0 aromatic carbocycles. The average Bonchev–Trinajstić information content (AvgIpc) is 3.14. The summed E-state index contributed by atoms with van der Waals surface area (Å²) < 4.78 is 0. The normalized spacial score (nSPS) is 17.0. The first-order valence-corrected chi connectivity index (χ1v) is 9.25. The number of aliphatic hydroxyl groups excluding tert-OH is 1. The van der Waals surface area contributed by atoms with Gasteiger partial charge in [-0.05, 0) is 32.3 Å². The van der Waals surface area contributed by atoms with Crippen molar-refractivity contribution in [2.24, 2.45) is 0 Å². The van der Waals surface area contributed by atoms with Gasteiger partial charge in [-0.2, -0.15) is 0 Å². The highest BCUT2D eigenvalue weighted by atomic mass is 16.3. The van der Waals surface area contributed by atoms with E-state index >= 15 is 0 Å². The fraction of sp³-hybridized carbons (Fsp3) is 0.579. The number of rotatable bonds is 7. The molecule has 4 N–H and O–H groups in total. The van der Waals surface area contributed by atoms with Crippen LogP contribution in [0.2, 0.25) is 0 Å². The molecule has 3 heterocycles. The lowest BCUT2D eigenvalue weighted by molar-refractivity contribution is 0.212. The van der Waals surface area contributed by atoms with E-state index in [2.05, 4.69) is 33.2 Å². The first-order chi connectivity index (χ1) is 12.0. The van der Waals surface area contributed by atoms with Gasteiger partial charge in [-0.15, -0.1) is 0 Å². The third-order valence-corrected chi connectivity index (χ3v) is 4.99. The van der Waals surface area contributed by atoms with Gasteiger partial charge < -0.3 is 21.1 Å². The number of hydrogen-bond acceptors (Lipinski definition) is 6. The van der Waals surface area contributed by atoms with E-state index in [0.29, 0.717) is 5.82 Å². The molecule has 2 aromatic heterocycles. The van der Waals surface area contributed by atoms with Crippen LogP contribution in [0.15, 0.2) is 18.3 Å². The molecule has 0 saturated carbocycles. The molecule has 0 spiro atoms. The van der Waals surface area contributed by atoms with Crippen molar-refractivity contribution in [3.8, 4) is 0 Å². The summed E-state index contributed by atoms with van der Waals surface area (Å²) in [5.41, 5.74) is 9.17. The highest BCUT2D eigenvalue weighted by molar-refractivity contribution is 5.91. The zero-order valence-corrected chi connectivity index (χ0v) is 15.3. The fourth-order valence-electron chi connectivity index (χ4n) is 3.44. The molecule has 136 valence electrons. The van der Waals surface area contributed by atoms with Crippen LogP contribution in [0, 0.1) is 0 Å². The number of nitrogens with one attached hydrogen (secondary N) is 1. The van der Waals surface area contributed by atoms with Crippen LogP contribution in [-0.2, 0) is 0 Å². The molecule has 1 saturated heterocycles. The minimum Gasteiger partial charge on any atom is -0.394 e. The molecular formula is C19H29N5O. The number of aliphatic hydroxyl groups is 1. The largest absolute Gasteiger partial charge is 0.394 e. The van der Waals surface area contributed by atoms with Crippen LogP contribution >= 0.6 is 0 Å². The van der Waals surface area contributed by atoms with Crippen LogP contribution in [0.3, 0.4) is 0 Å². The van der Waals surface area contributed by atoms with E-state index < -0.39 is 5.54 Å².